The Morgan fingerprint density at radius 1 is 1.29 bits per heavy atom. The molecule has 0 aliphatic carbocycles. The fourth-order valence-corrected chi connectivity index (χ4v) is 1.38. The third-order valence-electron chi connectivity index (χ3n) is 2.08. The second-order valence-electron chi connectivity index (χ2n) is 5.30. The Balaban J connectivity index is 4.02. The van der Waals surface area contributed by atoms with Crippen molar-refractivity contribution >= 4 is 20.1 Å². The maximum absolute atomic E-state index is 13.3. The minimum atomic E-state index is -1.80. The zero-order valence-corrected chi connectivity index (χ0v) is 13.7. The second-order valence-corrected chi connectivity index (χ2v) is 6.44. The van der Waals surface area contributed by atoms with E-state index < -0.39 is 38.1 Å². The molecule has 0 aliphatic heterocycles. The molecule has 0 bridgehead atoms. The number of amides is 1. The summed E-state index contributed by atoms with van der Waals surface area (Å²) in [6, 6.07) is 0. The van der Waals surface area contributed by atoms with Gasteiger partial charge in [0.25, 0.3) is 0 Å². The normalized spacial score (nSPS) is 14.9. The van der Waals surface area contributed by atoms with E-state index >= 15 is 0 Å². The Labute approximate surface area is 124 Å². The van der Waals surface area contributed by atoms with Crippen LogP contribution < -0.4 is 5.32 Å². The maximum atomic E-state index is 13.3. The van der Waals surface area contributed by atoms with Crippen LogP contribution in [0.1, 0.15) is 34.1 Å². The molecule has 0 spiro atoms. The Morgan fingerprint density at radius 2 is 1.86 bits per heavy atom. The van der Waals surface area contributed by atoms with Gasteiger partial charge in [-0.3, -0.25) is 10.1 Å². The van der Waals surface area contributed by atoms with Gasteiger partial charge in [0.1, 0.15) is 6.61 Å². The van der Waals surface area contributed by atoms with Crippen LogP contribution in [0.15, 0.2) is 0 Å². The van der Waals surface area contributed by atoms with Gasteiger partial charge in [0.05, 0.1) is 5.41 Å². The fourth-order valence-electron chi connectivity index (χ4n) is 1.02. The molecule has 0 saturated carbocycles. The number of esters is 1. The number of alkyl carbamates (subject to hydrolysis) is 1. The first-order valence-corrected chi connectivity index (χ1v) is 8.01. The predicted molar refractivity (Wildman–Crippen MR) is 73.6 cm³/mol. The number of halogens is 1. The molecule has 21 heavy (non-hydrogen) atoms. The topological polar surface area (TPSA) is 90.9 Å². The summed E-state index contributed by atoms with van der Waals surface area (Å²) in [6.07, 6.45) is -4.07. The molecule has 0 heterocycles. The molecule has 0 aliphatic rings. The first-order valence-electron chi connectivity index (χ1n) is 6.38. The van der Waals surface area contributed by atoms with Crippen molar-refractivity contribution in [2.24, 2.45) is 5.41 Å². The van der Waals surface area contributed by atoms with Crippen molar-refractivity contribution in [3.63, 3.8) is 0 Å². The highest BCUT2D eigenvalue weighted by Gasteiger charge is 2.26. The quantitative estimate of drug-likeness (QED) is 0.335. The maximum Gasteiger partial charge on any atom is 0.504 e. The van der Waals surface area contributed by atoms with Crippen molar-refractivity contribution in [3.05, 3.63) is 0 Å². The van der Waals surface area contributed by atoms with Gasteiger partial charge in [-0.05, 0) is 25.3 Å². The van der Waals surface area contributed by atoms with Crippen LogP contribution in [0.5, 0.6) is 0 Å². The van der Waals surface area contributed by atoms with Gasteiger partial charge in [-0.25, -0.2) is 9.18 Å². The van der Waals surface area contributed by atoms with Crippen molar-refractivity contribution in [2.45, 2.75) is 46.7 Å². The van der Waals surface area contributed by atoms with Crippen molar-refractivity contribution < 1.29 is 32.5 Å². The van der Waals surface area contributed by atoms with E-state index in [4.69, 9.17) is 4.74 Å². The number of carbonyl (C=O) groups excluding carboxylic acids is 2. The van der Waals surface area contributed by atoms with Crippen molar-refractivity contribution in [2.75, 3.05) is 13.3 Å². The Morgan fingerprint density at radius 3 is 2.33 bits per heavy atom. The van der Waals surface area contributed by atoms with Gasteiger partial charge >= 0.3 is 20.1 Å². The van der Waals surface area contributed by atoms with E-state index in [1.807, 2.05) is 5.32 Å². The van der Waals surface area contributed by atoms with Crippen LogP contribution in [0.3, 0.4) is 0 Å². The van der Waals surface area contributed by atoms with Crippen LogP contribution in [0.2, 0.25) is 0 Å². The molecule has 1 amide bonds. The summed E-state index contributed by atoms with van der Waals surface area (Å²) in [7, 11) is -1.80. The van der Waals surface area contributed by atoms with E-state index in [-0.39, 0.29) is 13.0 Å². The monoisotopic (exact) mass is 326 g/mol. The average Bonchev–Trinajstić information content (AvgIpc) is 2.25. The van der Waals surface area contributed by atoms with E-state index in [9.17, 15) is 18.5 Å². The molecule has 0 rings (SSSR count). The molecule has 1 N–H and O–H groups in total. The summed E-state index contributed by atoms with van der Waals surface area (Å²) < 4.78 is 38.2. The Bertz CT molecular complexity index is 384. The van der Waals surface area contributed by atoms with Crippen molar-refractivity contribution in [1.82, 2.24) is 5.32 Å². The number of alkyl halides is 1. The molecule has 0 radical (unpaired) electrons. The van der Waals surface area contributed by atoms with Crippen LogP contribution in [0, 0.1) is 5.41 Å². The molecular formula is C12H22FNO6P+. The molecule has 3 atom stereocenters. The van der Waals surface area contributed by atoms with E-state index in [0.29, 0.717) is 0 Å². The molecule has 0 fully saturated rings. The van der Waals surface area contributed by atoms with Crippen LogP contribution in [-0.4, -0.2) is 37.9 Å². The van der Waals surface area contributed by atoms with Gasteiger partial charge < -0.3 is 9.47 Å². The summed E-state index contributed by atoms with van der Waals surface area (Å²) in [4.78, 5) is 22.9. The Kier molecular flexibility index (Phi) is 8.36. The summed E-state index contributed by atoms with van der Waals surface area (Å²) in [5, 5.41) is 1.90. The highest BCUT2D eigenvalue weighted by molar-refractivity contribution is 7.38. The smallest absolute Gasteiger partial charge is 0.425 e. The first-order chi connectivity index (χ1) is 9.52. The van der Waals surface area contributed by atoms with E-state index in [1.54, 1.807) is 20.8 Å². The van der Waals surface area contributed by atoms with E-state index in [0.717, 1.165) is 0 Å². The van der Waals surface area contributed by atoms with Crippen LogP contribution in [0.25, 0.3) is 0 Å². The Hall–Kier alpha value is -1.27. The predicted octanol–water partition coefficient (Wildman–Crippen LogP) is 2.72. The largest absolute Gasteiger partial charge is 0.504 e. The van der Waals surface area contributed by atoms with Crippen LogP contribution >= 0.6 is 8.03 Å². The first kappa shape index (κ1) is 19.7. The van der Waals surface area contributed by atoms with Crippen LogP contribution in [0.4, 0.5) is 9.18 Å². The lowest BCUT2D eigenvalue weighted by Crippen LogP contribution is -2.37. The minimum Gasteiger partial charge on any atom is -0.425 e. The molecule has 0 aromatic carbocycles. The number of ether oxygens (including phenoxy) is 2. The molecular weight excluding hydrogens is 304 g/mol. The summed E-state index contributed by atoms with van der Waals surface area (Å²) in [6.45, 7) is 7.55. The highest BCUT2D eigenvalue weighted by Crippen LogP contribution is 2.17. The van der Waals surface area contributed by atoms with Gasteiger partial charge in [0.2, 0.25) is 6.29 Å². The molecule has 0 aromatic rings. The van der Waals surface area contributed by atoms with Crippen LogP contribution in [-0.2, 0) is 23.4 Å². The number of carbonyl (C=O) groups is 2. The average molecular weight is 326 g/mol. The minimum absolute atomic E-state index is 0.0955. The van der Waals surface area contributed by atoms with Crippen molar-refractivity contribution in [3.8, 4) is 0 Å². The van der Waals surface area contributed by atoms with Gasteiger partial charge in [-0.15, -0.1) is 4.52 Å². The van der Waals surface area contributed by atoms with Gasteiger partial charge in [-0.1, -0.05) is 0 Å². The fraction of sp³-hybridized carbons (Fsp3) is 0.833. The molecule has 0 saturated heterocycles. The van der Waals surface area contributed by atoms with Gasteiger partial charge in [0.15, 0.2) is 13.0 Å². The summed E-state index contributed by atoms with van der Waals surface area (Å²) in [5.41, 5.74) is -0.731. The lowest BCUT2D eigenvalue weighted by Gasteiger charge is -2.21. The molecule has 122 valence electrons. The second kappa shape index (κ2) is 8.89. The van der Waals surface area contributed by atoms with E-state index in [1.165, 1.54) is 13.6 Å². The molecule has 3 unspecified atom stereocenters. The number of hydrogen-bond acceptors (Lipinski definition) is 6. The summed E-state index contributed by atoms with van der Waals surface area (Å²) >= 11 is 0. The summed E-state index contributed by atoms with van der Waals surface area (Å²) in [5.74, 6) is -0.542. The standard InChI is InChI=1S/C12H21FNO6P/c1-8(19-10(15)12(2,3)4)20-11(16)14-9(13)6-7-18-21(5)17/h8-9H,6-7H2,1-5H3/p+1. The van der Waals surface area contributed by atoms with Gasteiger partial charge in [0, 0.05) is 13.3 Å². The lowest BCUT2D eigenvalue weighted by atomic mass is 9.97. The zero-order chi connectivity index (χ0) is 16.6. The third-order valence-corrected chi connectivity index (χ3v) is 2.62. The number of hydrogen-bond donors (Lipinski definition) is 1. The lowest BCUT2D eigenvalue weighted by molar-refractivity contribution is -0.174. The van der Waals surface area contributed by atoms with E-state index in [2.05, 4.69) is 9.26 Å². The molecule has 0 aromatic heterocycles. The van der Waals surface area contributed by atoms with Crippen molar-refractivity contribution in [1.29, 1.82) is 0 Å². The zero-order valence-electron chi connectivity index (χ0n) is 12.8. The third kappa shape index (κ3) is 10.1. The number of nitrogens with one attached hydrogen (secondary N) is 1. The van der Waals surface area contributed by atoms with Gasteiger partial charge in [-0.2, -0.15) is 0 Å². The molecule has 9 heteroatoms. The number of rotatable bonds is 7. The molecule has 7 nitrogen and oxygen atoms in total. The highest BCUT2D eigenvalue weighted by atomic mass is 31.1. The SMILES string of the molecule is CC(OC(=O)NC(F)CCO[P+](C)=O)OC(=O)C(C)(C)C.